The first-order chi connectivity index (χ1) is 6.66. The summed E-state index contributed by atoms with van der Waals surface area (Å²) in [7, 11) is 0. The Morgan fingerprint density at radius 1 is 1.14 bits per heavy atom. The third-order valence-electron chi connectivity index (χ3n) is 1.77. The second-order valence-corrected chi connectivity index (χ2v) is 3.09. The molecule has 0 unspecified atom stereocenters. The summed E-state index contributed by atoms with van der Waals surface area (Å²) in [5.41, 5.74) is 5.29. The predicted molar refractivity (Wildman–Crippen MR) is 52.8 cm³/mol. The minimum absolute atomic E-state index is 0.0193. The maximum Gasteiger partial charge on any atom is 0.305 e. The van der Waals surface area contributed by atoms with Crippen molar-refractivity contribution in [2.75, 3.05) is 13.1 Å². The second kappa shape index (κ2) is 8.50. The molecule has 0 bridgehead atoms. The Balaban J connectivity index is 3.24. The Bertz CT molecular complexity index is 183. The number of unbranched alkanes of at least 4 members (excludes halogenated alkanes) is 2. The fraction of sp³-hybridized carbons (Fsp3) is 0.778. The lowest BCUT2D eigenvalue weighted by Gasteiger charge is -2.02. The van der Waals surface area contributed by atoms with Crippen LogP contribution in [0.5, 0.6) is 0 Å². The van der Waals surface area contributed by atoms with Crippen LogP contribution in [0.3, 0.4) is 0 Å². The van der Waals surface area contributed by atoms with Crippen LogP contribution in [0.25, 0.3) is 0 Å². The Hall–Kier alpha value is -1.10. The number of carbonyl (C=O) groups is 2. The molecule has 5 heteroatoms. The van der Waals surface area contributed by atoms with E-state index in [-0.39, 0.29) is 18.9 Å². The molecule has 0 saturated heterocycles. The monoisotopic (exact) mass is 202 g/mol. The van der Waals surface area contributed by atoms with Gasteiger partial charge in [-0.15, -0.1) is 0 Å². The van der Waals surface area contributed by atoms with E-state index in [2.05, 4.69) is 5.32 Å². The largest absolute Gasteiger partial charge is 0.481 e. The molecule has 0 rings (SSSR count). The van der Waals surface area contributed by atoms with Crippen molar-refractivity contribution in [2.45, 2.75) is 32.1 Å². The molecule has 0 aliphatic carbocycles. The van der Waals surface area contributed by atoms with Crippen LogP contribution in [0, 0.1) is 0 Å². The number of hydrogen-bond donors (Lipinski definition) is 3. The number of amides is 1. The molecule has 14 heavy (non-hydrogen) atoms. The van der Waals surface area contributed by atoms with Crippen molar-refractivity contribution in [2.24, 2.45) is 5.73 Å². The number of carboxylic acid groups (broad SMARTS) is 1. The van der Waals surface area contributed by atoms with E-state index in [0.717, 1.165) is 19.3 Å². The quantitative estimate of drug-likeness (QED) is 0.486. The van der Waals surface area contributed by atoms with E-state index in [1.807, 2.05) is 0 Å². The molecular formula is C9H18N2O3. The van der Waals surface area contributed by atoms with Gasteiger partial charge in [-0.05, 0) is 19.4 Å². The molecule has 0 fully saturated rings. The Labute approximate surface area is 83.7 Å². The van der Waals surface area contributed by atoms with Gasteiger partial charge in [-0.25, -0.2) is 0 Å². The summed E-state index contributed by atoms with van der Waals surface area (Å²) >= 11 is 0. The summed E-state index contributed by atoms with van der Waals surface area (Å²) in [6.45, 7) is 0.867. The maximum absolute atomic E-state index is 11.1. The van der Waals surface area contributed by atoms with Crippen molar-refractivity contribution in [3.8, 4) is 0 Å². The third-order valence-corrected chi connectivity index (χ3v) is 1.77. The zero-order chi connectivity index (χ0) is 10.8. The van der Waals surface area contributed by atoms with E-state index in [0.29, 0.717) is 13.0 Å². The number of nitrogens with two attached hydrogens (primary N) is 1. The fourth-order valence-electron chi connectivity index (χ4n) is 1.00. The van der Waals surface area contributed by atoms with E-state index in [9.17, 15) is 9.59 Å². The average molecular weight is 202 g/mol. The van der Waals surface area contributed by atoms with E-state index >= 15 is 0 Å². The third kappa shape index (κ3) is 8.99. The van der Waals surface area contributed by atoms with Crippen LogP contribution in [0.15, 0.2) is 0 Å². The summed E-state index contributed by atoms with van der Waals surface area (Å²) in [5, 5.41) is 10.8. The van der Waals surface area contributed by atoms with Crippen LogP contribution in [0.2, 0.25) is 0 Å². The number of hydrogen-bond acceptors (Lipinski definition) is 3. The average Bonchev–Trinajstić information content (AvgIpc) is 2.12. The number of aliphatic carboxylic acids is 1. The first-order valence-electron chi connectivity index (χ1n) is 4.85. The molecule has 0 aromatic heterocycles. The van der Waals surface area contributed by atoms with E-state index in [1.54, 1.807) is 0 Å². The second-order valence-electron chi connectivity index (χ2n) is 3.09. The van der Waals surface area contributed by atoms with Gasteiger partial charge in [-0.1, -0.05) is 6.42 Å². The molecule has 0 spiro atoms. The van der Waals surface area contributed by atoms with Gasteiger partial charge < -0.3 is 16.2 Å². The Kier molecular flexibility index (Phi) is 7.83. The standard InChI is InChI=1S/C9H18N2O3/c10-6-3-1-2-4-8(12)11-7-5-9(13)14/h1-7,10H2,(H,11,12)(H,13,14). The predicted octanol–water partition coefficient (Wildman–Crippen LogP) is 0.0964. The molecule has 0 heterocycles. The molecule has 5 nitrogen and oxygen atoms in total. The van der Waals surface area contributed by atoms with Crippen molar-refractivity contribution >= 4 is 11.9 Å². The van der Waals surface area contributed by atoms with Gasteiger partial charge in [-0.3, -0.25) is 9.59 Å². The molecule has 0 saturated carbocycles. The van der Waals surface area contributed by atoms with E-state index in [4.69, 9.17) is 10.8 Å². The lowest BCUT2D eigenvalue weighted by atomic mass is 10.2. The summed E-state index contributed by atoms with van der Waals surface area (Å²) in [5.74, 6) is -0.975. The first-order valence-corrected chi connectivity index (χ1v) is 4.85. The van der Waals surface area contributed by atoms with Crippen LogP contribution in [-0.4, -0.2) is 30.1 Å². The Morgan fingerprint density at radius 2 is 1.86 bits per heavy atom. The molecular weight excluding hydrogens is 184 g/mol. The van der Waals surface area contributed by atoms with Gasteiger partial charge >= 0.3 is 5.97 Å². The van der Waals surface area contributed by atoms with E-state index in [1.165, 1.54) is 0 Å². The lowest BCUT2D eigenvalue weighted by Crippen LogP contribution is -2.25. The van der Waals surface area contributed by atoms with E-state index < -0.39 is 5.97 Å². The zero-order valence-corrected chi connectivity index (χ0v) is 8.29. The van der Waals surface area contributed by atoms with Crippen molar-refractivity contribution in [3.05, 3.63) is 0 Å². The molecule has 0 radical (unpaired) electrons. The van der Waals surface area contributed by atoms with Crippen LogP contribution in [0.1, 0.15) is 32.1 Å². The van der Waals surface area contributed by atoms with Crippen molar-refractivity contribution < 1.29 is 14.7 Å². The van der Waals surface area contributed by atoms with Gasteiger partial charge in [-0.2, -0.15) is 0 Å². The summed E-state index contributed by atoms with van der Waals surface area (Å²) in [6, 6.07) is 0. The molecule has 0 aromatic carbocycles. The maximum atomic E-state index is 11.1. The highest BCUT2D eigenvalue weighted by molar-refractivity contribution is 5.76. The van der Waals surface area contributed by atoms with Crippen LogP contribution in [0.4, 0.5) is 0 Å². The molecule has 1 amide bonds. The number of carbonyl (C=O) groups excluding carboxylic acids is 1. The summed E-state index contributed by atoms with van der Waals surface area (Å²) in [4.78, 5) is 21.2. The van der Waals surface area contributed by atoms with Crippen LogP contribution < -0.4 is 11.1 Å². The van der Waals surface area contributed by atoms with Gasteiger partial charge in [0, 0.05) is 13.0 Å². The van der Waals surface area contributed by atoms with Gasteiger partial charge in [0.05, 0.1) is 6.42 Å². The minimum atomic E-state index is -0.895. The summed E-state index contributed by atoms with van der Waals surface area (Å²) in [6.07, 6.45) is 3.13. The van der Waals surface area contributed by atoms with Gasteiger partial charge in [0.15, 0.2) is 0 Å². The first kappa shape index (κ1) is 12.9. The minimum Gasteiger partial charge on any atom is -0.481 e. The van der Waals surface area contributed by atoms with Gasteiger partial charge in [0.1, 0.15) is 0 Å². The normalized spacial score (nSPS) is 9.79. The highest BCUT2D eigenvalue weighted by Crippen LogP contribution is 1.97. The summed E-state index contributed by atoms with van der Waals surface area (Å²) < 4.78 is 0. The molecule has 4 N–H and O–H groups in total. The molecule has 0 aliphatic rings. The Morgan fingerprint density at radius 3 is 2.43 bits per heavy atom. The number of rotatable bonds is 8. The number of carboxylic acids is 1. The van der Waals surface area contributed by atoms with Crippen molar-refractivity contribution in [3.63, 3.8) is 0 Å². The van der Waals surface area contributed by atoms with Crippen molar-refractivity contribution in [1.29, 1.82) is 0 Å². The van der Waals surface area contributed by atoms with Crippen LogP contribution in [-0.2, 0) is 9.59 Å². The van der Waals surface area contributed by atoms with Crippen LogP contribution >= 0.6 is 0 Å². The fourth-order valence-corrected chi connectivity index (χ4v) is 1.00. The molecule has 0 atom stereocenters. The van der Waals surface area contributed by atoms with Gasteiger partial charge in [0.2, 0.25) is 5.91 Å². The topological polar surface area (TPSA) is 92.4 Å². The zero-order valence-electron chi connectivity index (χ0n) is 8.29. The highest BCUT2D eigenvalue weighted by atomic mass is 16.4. The number of nitrogens with one attached hydrogen (secondary N) is 1. The SMILES string of the molecule is NCCCCCC(=O)NCCC(=O)O. The lowest BCUT2D eigenvalue weighted by molar-refractivity contribution is -0.136. The molecule has 82 valence electrons. The smallest absolute Gasteiger partial charge is 0.305 e. The molecule has 0 aromatic rings. The van der Waals surface area contributed by atoms with Gasteiger partial charge in [0.25, 0.3) is 0 Å². The highest BCUT2D eigenvalue weighted by Gasteiger charge is 2.01. The molecule has 0 aliphatic heterocycles. The van der Waals surface area contributed by atoms with Crippen molar-refractivity contribution in [1.82, 2.24) is 5.32 Å².